The SMILES string of the molecule is Cc1ccccc1OCc1ncc2cc(N)ccn12. The summed E-state index contributed by atoms with van der Waals surface area (Å²) < 4.78 is 7.79. The number of nitrogens with zero attached hydrogens (tertiary/aromatic N) is 2. The van der Waals surface area contributed by atoms with Gasteiger partial charge in [0.25, 0.3) is 0 Å². The topological polar surface area (TPSA) is 52.5 Å². The molecule has 0 atom stereocenters. The van der Waals surface area contributed by atoms with Crippen LogP contribution in [0.15, 0.2) is 48.8 Å². The first kappa shape index (κ1) is 11.6. The molecule has 0 aliphatic heterocycles. The van der Waals surface area contributed by atoms with Crippen LogP contribution in [0, 0.1) is 6.92 Å². The first-order chi connectivity index (χ1) is 9.24. The van der Waals surface area contributed by atoms with Gasteiger partial charge in [-0.3, -0.25) is 0 Å². The molecule has 1 aromatic carbocycles. The molecule has 2 N–H and O–H groups in total. The summed E-state index contributed by atoms with van der Waals surface area (Å²) in [5, 5.41) is 0. The average Bonchev–Trinajstić information content (AvgIpc) is 2.80. The molecule has 0 bridgehead atoms. The van der Waals surface area contributed by atoms with Crippen molar-refractivity contribution in [2.24, 2.45) is 0 Å². The third-order valence-corrected chi connectivity index (χ3v) is 3.08. The number of fused-ring (bicyclic) bond motifs is 1. The summed E-state index contributed by atoms with van der Waals surface area (Å²) in [5.74, 6) is 1.74. The van der Waals surface area contributed by atoms with Crippen LogP contribution in [-0.2, 0) is 6.61 Å². The normalized spacial score (nSPS) is 10.8. The van der Waals surface area contributed by atoms with Crippen LogP contribution in [0.2, 0.25) is 0 Å². The minimum absolute atomic E-state index is 0.433. The fourth-order valence-electron chi connectivity index (χ4n) is 2.04. The first-order valence-electron chi connectivity index (χ1n) is 6.14. The minimum Gasteiger partial charge on any atom is -0.485 e. The summed E-state index contributed by atoms with van der Waals surface area (Å²) in [4.78, 5) is 4.36. The highest BCUT2D eigenvalue weighted by molar-refractivity contribution is 5.55. The molecule has 0 aliphatic carbocycles. The maximum absolute atomic E-state index is 5.80. The predicted octanol–water partition coefficient (Wildman–Crippen LogP) is 2.80. The van der Waals surface area contributed by atoms with Gasteiger partial charge < -0.3 is 14.9 Å². The Morgan fingerprint density at radius 3 is 2.95 bits per heavy atom. The number of imidazole rings is 1. The number of anilines is 1. The zero-order valence-corrected chi connectivity index (χ0v) is 10.7. The Morgan fingerprint density at radius 1 is 1.26 bits per heavy atom. The molecule has 3 aromatic rings. The van der Waals surface area contributed by atoms with E-state index in [1.54, 1.807) is 6.20 Å². The van der Waals surface area contributed by atoms with E-state index in [4.69, 9.17) is 10.5 Å². The fraction of sp³-hybridized carbons (Fsp3) is 0.133. The lowest BCUT2D eigenvalue weighted by molar-refractivity contribution is 0.293. The summed E-state index contributed by atoms with van der Waals surface area (Å²) in [5.41, 5.74) is 8.57. The summed E-state index contributed by atoms with van der Waals surface area (Å²) in [6.07, 6.45) is 3.71. The second kappa shape index (κ2) is 4.65. The number of aryl methyl sites for hydroxylation is 1. The molecule has 19 heavy (non-hydrogen) atoms. The third kappa shape index (κ3) is 2.25. The van der Waals surface area contributed by atoms with Gasteiger partial charge in [-0.05, 0) is 30.7 Å². The zero-order chi connectivity index (χ0) is 13.2. The van der Waals surface area contributed by atoms with Gasteiger partial charge in [-0.1, -0.05) is 18.2 Å². The van der Waals surface area contributed by atoms with E-state index in [9.17, 15) is 0 Å². The molecular formula is C15H15N3O. The van der Waals surface area contributed by atoms with Gasteiger partial charge in [-0.15, -0.1) is 0 Å². The van der Waals surface area contributed by atoms with Crippen LogP contribution in [0.5, 0.6) is 5.75 Å². The first-order valence-corrected chi connectivity index (χ1v) is 6.14. The monoisotopic (exact) mass is 253 g/mol. The number of hydrogen-bond acceptors (Lipinski definition) is 3. The number of nitrogens with two attached hydrogens (primary N) is 1. The van der Waals surface area contributed by atoms with Crippen molar-refractivity contribution in [3.63, 3.8) is 0 Å². The molecule has 0 saturated carbocycles. The number of ether oxygens (including phenoxy) is 1. The smallest absolute Gasteiger partial charge is 0.151 e. The number of hydrogen-bond donors (Lipinski definition) is 1. The van der Waals surface area contributed by atoms with Gasteiger partial charge in [0.05, 0.1) is 11.7 Å². The maximum atomic E-state index is 5.80. The van der Waals surface area contributed by atoms with Gasteiger partial charge in [-0.2, -0.15) is 0 Å². The summed E-state index contributed by atoms with van der Waals surface area (Å²) in [7, 11) is 0. The number of para-hydroxylation sites is 1. The quantitative estimate of drug-likeness (QED) is 0.781. The highest BCUT2D eigenvalue weighted by atomic mass is 16.5. The van der Waals surface area contributed by atoms with Crippen LogP contribution in [0.4, 0.5) is 5.69 Å². The Balaban J connectivity index is 1.84. The lowest BCUT2D eigenvalue weighted by Crippen LogP contribution is -2.02. The molecular weight excluding hydrogens is 238 g/mol. The summed E-state index contributed by atoms with van der Waals surface area (Å²) in [6, 6.07) is 11.7. The number of aromatic nitrogens is 2. The van der Waals surface area contributed by atoms with Crippen molar-refractivity contribution in [1.82, 2.24) is 9.38 Å². The van der Waals surface area contributed by atoms with Gasteiger partial charge in [0.15, 0.2) is 5.82 Å². The van der Waals surface area contributed by atoms with Crippen LogP contribution in [0.3, 0.4) is 0 Å². The van der Waals surface area contributed by atoms with Crippen molar-refractivity contribution in [3.05, 3.63) is 60.2 Å². The second-order valence-electron chi connectivity index (χ2n) is 4.48. The van der Waals surface area contributed by atoms with Crippen molar-refractivity contribution >= 4 is 11.2 Å². The Kier molecular flexibility index (Phi) is 2.83. The molecule has 0 unspecified atom stereocenters. The Labute approximate surface area is 111 Å². The zero-order valence-electron chi connectivity index (χ0n) is 10.7. The van der Waals surface area contributed by atoms with Crippen molar-refractivity contribution in [2.75, 3.05) is 5.73 Å². The van der Waals surface area contributed by atoms with Crippen LogP contribution in [-0.4, -0.2) is 9.38 Å². The van der Waals surface area contributed by atoms with Crippen molar-refractivity contribution in [2.45, 2.75) is 13.5 Å². The predicted molar refractivity (Wildman–Crippen MR) is 75.1 cm³/mol. The van der Waals surface area contributed by atoms with Crippen LogP contribution >= 0.6 is 0 Å². The van der Waals surface area contributed by atoms with Crippen LogP contribution < -0.4 is 10.5 Å². The molecule has 2 aromatic heterocycles. The molecule has 96 valence electrons. The minimum atomic E-state index is 0.433. The molecule has 0 aliphatic rings. The molecule has 3 rings (SSSR count). The van der Waals surface area contributed by atoms with Crippen LogP contribution in [0.25, 0.3) is 5.52 Å². The van der Waals surface area contributed by atoms with E-state index < -0.39 is 0 Å². The summed E-state index contributed by atoms with van der Waals surface area (Å²) in [6.45, 7) is 2.46. The summed E-state index contributed by atoms with van der Waals surface area (Å²) >= 11 is 0. The van der Waals surface area contributed by atoms with E-state index in [1.807, 2.05) is 53.9 Å². The Bertz CT molecular complexity index is 718. The molecule has 2 heterocycles. The van der Waals surface area contributed by atoms with Gasteiger partial charge >= 0.3 is 0 Å². The van der Waals surface area contributed by atoms with E-state index in [2.05, 4.69) is 4.98 Å². The van der Waals surface area contributed by atoms with Crippen molar-refractivity contribution < 1.29 is 4.74 Å². The van der Waals surface area contributed by atoms with Crippen molar-refractivity contribution in [1.29, 1.82) is 0 Å². The number of nitrogen functional groups attached to an aromatic ring is 1. The average molecular weight is 253 g/mol. The Hall–Kier alpha value is -2.49. The van der Waals surface area contributed by atoms with Gasteiger partial charge in [0, 0.05) is 11.9 Å². The van der Waals surface area contributed by atoms with Gasteiger partial charge in [-0.25, -0.2) is 4.98 Å². The number of pyridine rings is 1. The molecule has 0 amide bonds. The molecule has 0 radical (unpaired) electrons. The van der Waals surface area contributed by atoms with E-state index in [1.165, 1.54) is 0 Å². The Morgan fingerprint density at radius 2 is 2.11 bits per heavy atom. The van der Waals surface area contributed by atoms with Crippen molar-refractivity contribution in [3.8, 4) is 5.75 Å². The molecule has 4 nitrogen and oxygen atoms in total. The molecule has 0 spiro atoms. The lowest BCUT2D eigenvalue weighted by atomic mass is 10.2. The fourth-order valence-corrected chi connectivity index (χ4v) is 2.04. The van der Waals surface area contributed by atoms with Crippen LogP contribution in [0.1, 0.15) is 11.4 Å². The molecule has 0 saturated heterocycles. The van der Waals surface area contributed by atoms with E-state index >= 15 is 0 Å². The molecule has 0 fully saturated rings. The largest absolute Gasteiger partial charge is 0.485 e. The highest BCUT2D eigenvalue weighted by Gasteiger charge is 2.05. The number of benzene rings is 1. The lowest BCUT2D eigenvalue weighted by Gasteiger charge is -2.08. The van der Waals surface area contributed by atoms with E-state index in [-0.39, 0.29) is 0 Å². The van der Waals surface area contributed by atoms with E-state index in [0.29, 0.717) is 6.61 Å². The highest BCUT2D eigenvalue weighted by Crippen LogP contribution is 2.18. The maximum Gasteiger partial charge on any atom is 0.151 e. The third-order valence-electron chi connectivity index (χ3n) is 3.08. The standard InChI is InChI=1S/C15H15N3O/c1-11-4-2-3-5-14(11)19-10-15-17-9-13-8-12(16)6-7-18(13)15/h2-9H,10,16H2,1H3. The number of rotatable bonds is 3. The van der Waals surface area contributed by atoms with Gasteiger partial charge in [0.2, 0.25) is 0 Å². The molecule has 4 heteroatoms. The van der Waals surface area contributed by atoms with Gasteiger partial charge in [0.1, 0.15) is 12.4 Å². The van der Waals surface area contributed by atoms with E-state index in [0.717, 1.165) is 28.3 Å². The second-order valence-corrected chi connectivity index (χ2v) is 4.48.